The summed E-state index contributed by atoms with van der Waals surface area (Å²) in [5.41, 5.74) is 2.07. The maximum Gasteiger partial charge on any atom is 0.251 e. The molecule has 0 unspecified atom stereocenters. The van der Waals surface area contributed by atoms with E-state index in [0.717, 1.165) is 17.3 Å². The number of thioether (sulfide) groups is 1. The summed E-state index contributed by atoms with van der Waals surface area (Å²) < 4.78 is 0. The Kier molecular flexibility index (Phi) is 5.55. The number of benzene rings is 1. The summed E-state index contributed by atoms with van der Waals surface area (Å²) in [4.78, 5) is 19.8. The third-order valence-electron chi connectivity index (χ3n) is 4.54. The van der Waals surface area contributed by atoms with Crippen LogP contribution in [0.5, 0.6) is 0 Å². The Hall–Kier alpha value is -1.55. The highest BCUT2D eigenvalue weighted by atomic mass is 32.2. The number of H-pyrrole nitrogens is 1. The summed E-state index contributed by atoms with van der Waals surface area (Å²) in [6, 6.07) is 12.0. The molecule has 0 radical (unpaired) electrons. The predicted octanol–water partition coefficient (Wildman–Crippen LogP) is 4.74. The average molecular weight is 328 g/mol. The second kappa shape index (κ2) is 7.82. The smallest absolute Gasteiger partial charge is 0.251 e. The lowest BCUT2D eigenvalue weighted by Crippen LogP contribution is -2.15. The topological polar surface area (TPSA) is 45.8 Å². The van der Waals surface area contributed by atoms with E-state index in [1.54, 1.807) is 17.8 Å². The van der Waals surface area contributed by atoms with Crippen molar-refractivity contribution >= 4 is 11.8 Å². The van der Waals surface area contributed by atoms with Gasteiger partial charge in [0.05, 0.1) is 5.69 Å². The second-order valence-corrected chi connectivity index (χ2v) is 7.51. The Labute approximate surface area is 141 Å². The first-order valence-corrected chi connectivity index (χ1v) is 9.47. The van der Waals surface area contributed by atoms with E-state index in [0.29, 0.717) is 5.25 Å². The van der Waals surface area contributed by atoms with Gasteiger partial charge in [0.25, 0.3) is 5.56 Å². The van der Waals surface area contributed by atoms with Gasteiger partial charge in [-0.1, -0.05) is 68.3 Å². The SMILES string of the molecule is CC[C@H](c1ccccc1)c1cc(=O)[nH]c(SC2CCCCC2)n1. The van der Waals surface area contributed by atoms with E-state index in [4.69, 9.17) is 4.98 Å². The van der Waals surface area contributed by atoms with Crippen molar-refractivity contribution in [3.63, 3.8) is 0 Å². The molecule has 0 amide bonds. The van der Waals surface area contributed by atoms with Crippen LogP contribution in [0.1, 0.15) is 62.6 Å². The van der Waals surface area contributed by atoms with Crippen molar-refractivity contribution < 1.29 is 0 Å². The lowest BCUT2D eigenvalue weighted by molar-refractivity contribution is 0.515. The zero-order valence-corrected chi connectivity index (χ0v) is 14.4. The molecule has 1 aliphatic rings. The quantitative estimate of drug-likeness (QED) is 0.807. The highest BCUT2D eigenvalue weighted by Crippen LogP contribution is 2.32. The summed E-state index contributed by atoms with van der Waals surface area (Å²) in [6.45, 7) is 2.15. The van der Waals surface area contributed by atoms with Crippen LogP contribution in [-0.4, -0.2) is 15.2 Å². The van der Waals surface area contributed by atoms with Gasteiger partial charge in [-0.25, -0.2) is 4.98 Å². The highest BCUT2D eigenvalue weighted by Gasteiger charge is 2.19. The number of aromatic amines is 1. The molecule has 1 fully saturated rings. The van der Waals surface area contributed by atoms with Gasteiger partial charge in [-0.05, 0) is 24.8 Å². The van der Waals surface area contributed by atoms with Crippen molar-refractivity contribution in [1.82, 2.24) is 9.97 Å². The summed E-state index contributed by atoms with van der Waals surface area (Å²) >= 11 is 1.75. The Morgan fingerprint density at radius 3 is 2.65 bits per heavy atom. The van der Waals surface area contributed by atoms with Crippen molar-refractivity contribution in [2.24, 2.45) is 0 Å². The van der Waals surface area contributed by atoms with E-state index in [-0.39, 0.29) is 11.5 Å². The molecular formula is C19H24N2OS. The molecular weight excluding hydrogens is 304 g/mol. The van der Waals surface area contributed by atoms with Crippen LogP contribution >= 0.6 is 11.8 Å². The maximum absolute atomic E-state index is 12.1. The van der Waals surface area contributed by atoms with Gasteiger partial charge >= 0.3 is 0 Å². The largest absolute Gasteiger partial charge is 0.301 e. The van der Waals surface area contributed by atoms with E-state index in [9.17, 15) is 4.79 Å². The molecule has 0 aliphatic heterocycles. The first kappa shape index (κ1) is 16.3. The number of nitrogens with one attached hydrogen (secondary N) is 1. The van der Waals surface area contributed by atoms with Gasteiger partial charge in [0.2, 0.25) is 0 Å². The number of nitrogens with zero attached hydrogens (tertiary/aromatic N) is 1. The van der Waals surface area contributed by atoms with Crippen LogP contribution in [0.2, 0.25) is 0 Å². The third-order valence-corrected chi connectivity index (χ3v) is 5.76. The zero-order chi connectivity index (χ0) is 16.1. The first-order valence-electron chi connectivity index (χ1n) is 8.59. The molecule has 0 spiro atoms. The Morgan fingerprint density at radius 1 is 1.22 bits per heavy atom. The predicted molar refractivity (Wildman–Crippen MR) is 96.2 cm³/mol. The van der Waals surface area contributed by atoms with Crippen LogP contribution in [0.15, 0.2) is 46.3 Å². The van der Waals surface area contributed by atoms with Crippen molar-refractivity contribution in [3.8, 4) is 0 Å². The summed E-state index contributed by atoms with van der Waals surface area (Å²) in [5.74, 6) is 0.184. The van der Waals surface area contributed by atoms with E-state index in [1.807, 2.05) is 18.2 Å². The monoisotopic (exact) mass is 328 g/mol. The van der Waals surface area contributed by atoms with Gasteiger partial charge in [-0.3, -0.25) is 4.79 Å². The maximum atomic E-state index is 12.1. The standard InChI is InChI=1S/C19H24N2OS/c1-2-16(14-9-5-3-6-10-14)17-13-18(22)21-19(20-17)23-15-11-7-4-8-12-15/h3,5-6,9-10,13,15-16H,2,4,7-8,11-12H2,1H3,(H,20,21,22)/t16-/m1/s1. The van der Waals surface area contributed by atoms with Gasteiger partial charge in [0.1, 0.15) is 0 Å². The third kappa shape index (κ3) is 4.25. The zero-order valence-electron chi connectivity index (χ0n) is 13.6. The lowest BCUT2D eigenvalue weighted by Gasteiger charge is -2.21. The molecule has 23 heavy (non-hydrogen) atoms. The van der Waals surface area contributed by atoms with Gasteiger partial charge in [0, 0.05) is 17.2 Å². The van der Waals surface area contributed by atoms with Crippen LogP contribution in [0.4, 0.5) is 0 Å². The molecule has 1 aliphatic carbocycles. The molecule has 4 heteroatoms. The van der Waals surface area contributed by atoms with Gasteiger partial charge in [-0.15, -0.1) is 0 Å². The van der Waals surface area contributed by atoms with Crippen LogP contribution in [0.3, 0.4) is 0 Å². The fourth-order valence-electron chi connectivity index (χ4n) is 3.33. The lowest BCUT2D eigenvalue weighted by atomic mass is 9.93. The van der Waals surface area contributed by atoms with Crippen LogP contribution in [0.25, 0.3) is 0 Å². The molecule has 2 aromatic rings. The molecule has 1 atom stereocenters. The van der Waals surface area contributed by atoms with E-state index >= 15 is 0 Å². The van der Waals surface area contributed by atoms with Gasteiger partial charge < -0.3 is 4.98 Å². The van der Waals surface area contributed by atoms with Crippen LogP contribution in [0, 0.1) is 0 Å². The van der Waals surface area contributed by atoms with E-state index in [2.05, 4.69) is 24.0 Å². The minimum atomic E-state index is -0.0392. The number of hydrogen-bond acceptors (Lipinski definition) is 3. The van der Waals surface area contributed by atoms with Crippen molar-refractivity contribution in [2.75, 3.05) is 0 Å². The van der Waals surface area contributed by atoms with Crippen molar-refractivity contribution in [2.45, 2.75) is 61.8 Å². The Bertz CT molecular complexity index is 677. The van der Waals surface area contributed by atoms with E-state index < -0.39 is 0 Å². The molecule has 3 nitrogen and oxygen atoms in total. The second-order valence-electron chi connectivity index (χ2n) is 6.22. The summed E-state index contributed by atoms with van der Waals surface area (Å²) in [5, 5.41) is 1.38. The summed E-state index contributed by atoms with van der Waals surface area (Å²) in [6.07, 6.45) is 7.33. The van der Waals surface area contributed by atoms with Gasteiger partial charge in [0.15, 0.2) is 5.16 Å². The Morgan fingerprint density at radius 2 is 1.96 bits per heavy atom. The Balaban J connectivity index is 1.85. The molecule has 1 aromatic heterocycles. The normalized spacial score (nSPS) is 17.1. The molecule has 3 rings (SSSR count). The molecule has 122 valence electrons. The van der Waals surface area contributed by atoms with Crippen LogP contribution < -0.4 is 5.56 Å². The van der Waals surface area contributed by atoms with Gasteiger partial charge in [-0.2, -0.15) is 0 Å². The first-order chi connectivity index (χ1) is 11.3. The minimum Gasteiger partial charge on any atom is -0.301 e. The number of aromatic nitrogens is 2. The highest BCUT2D eigenvalue weighted by molar-refractivity contribution is 7.99. The fourth-order valence-corrected chi connectivity index (χ4v) is 4.53. The van der Waals surface area contributed by atoms with E-state index in [1.165, 1.54) is 37.7 Å². The minimum absolute atomic E-state index is 0.0392. The molecule has 0 saturated heterocycles. The van der Waals surface area contributed by atoms with Crippen LogP contribution in [-0.2, 0) is 0 Å². The molecule has 1 saturated carbocycles. The molecule has 1 N–H and O–H groups in total. The summed E-state index contributed by atoms with van der Waals surface area (Å²) in [7, 11) is 0. The average Bonchev–Trinajstić information content (AvgIpc) is 2.57. The molecule has 1 heterocycles. The number of hydrogen-bond donors (Lipinski definition) is 1. The van der Waals surface area contributed by atoms with Crippen molar-refractivity contribution in [3.05, 3.63) is 58.0 Å². The number of rotatable bonds is 5. The van der Waals surface area contributed by atoms with Crippen molar-refractivity contribution in [1.29, 1.82) is 0 Å². The molecule has 0 bridgehead atoms. The fraction of sp³-hybridized carbons (Fsp3) is 0.474. The molecule has 1 aromatic carbocycles.